The number of para-hydroxylation sites is 1. The van der Waals surface area contributed by atoms with Crippen LogP contribution in [-0.2, 0) is 16.1 Å². The third kappa shape index (κ3) is 4.56. The fourth-order valence-corrected chi connectivity index (χ4v) is 5.33. The number of ether oxygens (including phenoxy) is 2. The molecule has 0 saturated carbocycles. The fraction of sp³-hybridized carbons (Fsp3) is 0.417. The van der Waals surface area contributed by atoms with E-state index in [9.17, 15) is 9.59 Å². The molecule has 2 aromatic carbocycles. The number of benzene rings is 2. The molecule has 7 nitrogen and oxygen atoms in total. The topological polar surface area (TPSA) is 62.3 Å². The van der Waals surface area contributed by atoms with Crippen molar-refractivity contribution in [3.05, 3.63) is 48.0 Å². The van der Waals surface area contributed by atoms with Crippen LogP contribution in [0.5, 0.6) is 11.5 Å². The molecule has 5 rings (SSSR count). The van der Waals surface area contributed by atoms with Crippen molar-refractivity contribution in [1.82, 2.24) is 9.80 Å². The molecule has 1 saturated heterocycles. The Morgan fingerprint density at radius 2 is 1.81 bits per heavy atom. The normalized spacial score (nSPS) is 18.1. The Bertz CT molecular complexity index is 1010. The third-order valence-corrected chi connectivity index (χ3v) is 7.20. The molecule has 2 amide bonds. The summed E-state index contributed by atoms with van der Waals surface area (Å²) in [6.07, 6.45) is 1.15. The van der Waals surface area contributed by atoms with Gasteiger partial charge in [-0.25, -0.2) is 0 Å². The molecular weight excluding hydrogens is 426 g/mol. The Kier molecular flexibility index (Phi) is 6.23. The number of rotatable bonds is 6. The molecule has 3 heterocycles. The van der Waals surface area contributed by atoms with Gasteiger partial charge in [-0.2, -0.15) is 0 Å². The summed E-state index contributed by atoms with van der Waals surface area (Å²) in [6, 6.07) is 14.1. The van der Waals surface area contributed by atoms with Gasteiger partial charge in [0.2, 0.25) is 18.6 Å². The predicted octanol–water partition coefficient (Wildman–Crippen LogP) is 2.98. The maximum absolute atomic E-state index is 12.7. The van der Waals surface area contributed by atoms with Crippen molar-refractivity contribution in [2.24, 2.45) is 0 Å². The highest BCUT2D eigenvalue weighted by Gasteiger charge is 2.25. The third-order valence-electron chi connectivity index (χ3n) is 6.15. The Hall–Kier alpha value is -2.71. The number of hydrogen-bond donors (Lipinski definition) is 0. The maximum Gasteiger partial charge on any atom is 0.237 e. The lowest BCUT2D eigenvalue weighted by atomic mass is 10.1. The summed E-state index contributed by atoms with van der Waals surface area (Å²) in [5, 5.41) is 0. The Labute approximate surface area is 192 Å². The highest BCUT2D eigenvalue weighted by atomic mass is 32.2. The lowest BCUT2D eigenvalue weighted by Gasteiger charge is -2.35. The molecule has 3 aliphatic heterocycles. The molecule has 0 aromatic heterocycles. The van der Waals surface area contributed by atoms with Gasteiger partial charge in [0.1, 0.15) is 0 Å². The summed E-state index contributed by atoms with van der Waals surface area (Å²) in [5.41, 5.74) is 2.16. The summed E-state index contributed by atoms with van der Waals surface area (Å²) in [5.74, 6) is 2.39. The van der Waals surface area contributed by atoms with E-state index in [4.69, 9.17) is 9.47 Å². The molecule has 0 radical (unpaired) electrons. The van der Waals surface area contributed by atoms with Crippen molar-refractivity contribution in [3.8, 4) is 11.5 Å². The van der Waals surface area contributed by atoms with E-state index >= 15 is 0 Å². The van der Waals surface area contributed by atoms with Crippen molar-refractivity contribution in [2.45, 2.75) is 24.3 Å². The van der Waals surface area contributed by atoms with Crippen molar-refractivity contribution in [3.63, 3.8) is 0 Å². The van der Waals surface area contributed by atoms with Crippen LogP contribution in [0.1, 0.15) is 18.4 Å². The van der Waals surface area contributed by atoms with Gasteiger partial charge < -0.3 is 19.3 Å². The summed E-state index contributed by atoms with van der Waals surface area (Å²) in [7, 11) is 0. The van der Waals surface area contributed by atoms with E-state index in [1.54, 1.807) is 11.8 Å². The van der Waals surface area contributed by atoms with Gasteiger partial charge in [0.05, 0.1) is 11.4 Å². The van der Waals surface area contributed by atoms with E-state index in [0.717, 1.165) is 54.8 Å². The van der Waals surface area contributed by atoms with Gasteiger partial charge >= 0.3 is 0 Å². The van der Waals surface area contributed by atoms with Crippen LogP contribution in [0.3, 0.4) is 0 Å². The van der Waals surface area contributed by atoms with Gasteiger partial charge in [0, 0.05) is 50.6 Å². The van der Waals surface area contributed by atoms with Gasteiger partial charge in [-0.15, -0.1) is 11.8 Å². The molecule has 3 aliphatic rings. The van der Waals surface area contributed by atoms with Gasteiger partial charge in [0.25, 0.3) is 0 Å². The van der Waals surface area contributed by atoms with E-state index in [1.165, 1.54) is 5.56 Å². The monoisotopic (exact) mass is 453 g/mol. The molecule has 0 N–H and O–H groups in total. The lowest BCUT2D eigenvalue weighted by Crippen LogP contribution is -2.48. The number of carbonyl (C=O) groups is 2. The molecule has 8 heteroatoms. The predicted molar refractivity (Wildman–Crippen MR) is 123 cm³/mol. The Morgan fingerprint density at radius 3 is 2.69 bits per heavy atom. The minimum absolute atomic E-state index is 0.123. The summed E-state index contributed by atoms with van der Waals surface area (Å²) < 4.78 is 10.8. The second-order valence-corrected chi connectivity index (χ2v) is 9.27. The summed E-state index contributed by atoms with van der Waals surface area (Å²) >= 11 is 1.59. The quantitative estimate of drug-likeness (QED) is 0.670. The average molecular weight is 454 g/mol. The van der Waals surface area contributed by atoms with Crippen LogP contribution in [0.2, 0.25) is 0 Å². The molecule has 168 valence electrons. The molecule has 0 spiro atoms. The van der Waals surface area contributed by atoms with Crippen molar-refractivity contribution >= 4 is 29.3 Å². The van der Waals surface area contributed by atoms with Crippen LogP contribution in [0.25, 0.3) is 0 Å². The zero-order chi connectivity index (χ0) is 21.9. The van der Waals surface area contributed by atoms with E-state index < -0.39 is 0 Å². The minimum Gasteiger partial charge on any atom is -0.454 e. The smallest absolute Gasteiger partial charge is 0.237 e. The summed E-state index contributed by atoms with van der Waals surface area (Å²) in [6.45, 7) is 4.91. The minimum atomic E-state index is 0.123. The first kappa shape index (κ1) is 21.2. The fourth-order valence-electron chi connectivity index (χ4n) is 4.40. The van der Waals surface area contributed by atoms with E-state index in [1.807, 2.05) is 46.2 Å². The van der Waals surface area contributed by atoms with Crippen LogP contribution in [-0.4, -0.2) is 66.9 Å². The molecular formula is C24H27N3O4S. The SMILES string of the molecule is O=C(CCCN1C(=O)CSc2ccccc21)N1CCN(Cc2ccc3c(c2)OCO3)CC1. The second kappa shape index (κ2) is 9.42. The number of carbonyl (C=O) groups excluding carboxylic acids is 2. The van der Waals surface area contributed by atoms with Crippen molar-refractivity contribution in [1.29, 1.82) is 0 Å². The summed E-state index contributed by atoms with van der Waals surface area (Å²) in [4.78, 5) is 32.4. The molecule has 0 bridgehead atoms. The largest absolute Gasteiger partial charge is 0.454 e. The van der Waals surface area contributed by atoms with Crippen LogP contribution in [0, 0.1) is 0 Å². The molecule has 0 aliphatic carbocycles. The van der Waals surface area contributed by atoms with Crippen molar-refractivity contribution in [2.75, 3.05) is 50.2 Å². The number of piperazine rings is 1. The number of hydrogen-bond acceptors (Lipinski definition) is 6. The van der Waals surface area contributed by atoms with Crippen LogP contribution in [0.4, 0.5) is 5.69 Å². The lowest BCUT2D eigenvalue weighted by molar-refractivity contribution is -0.133. The first-order valence-corrected chi connectivity index (χ1v) is 12.1. The number of fused-ring (bicyclic) bond motifs is 2. The van der Waals surface area contributed by atoms with Crippen LogP contribution in [0.15, 0.2) is 47.4 Å². The van der Waals surface area contributed by atoms with E-state index in [-0.39, 0.29) is 18.6 Å². The highest BCUT2D eigenvalue weighted by Crippen LogP contribution is 2.35. The standard InChI is InChI=1S/C24H27N3O4S/c28-23(6-3-9-27-19-4-1-2-5-22(19)32-16-24(27)29)26-12-10-25(11-13-26)15-18-7-8-20-21(14-18)31-17-30-20/h1-2,4-5,7-8,14H,3,6,9-13,15-17H2. The first-order chi connectivity index (χ1) is 15.7. The van der Waals surface area contributed by atoms with Gasteiger partial charge in [-0.05, 0) is 36.2 Å². The molecule has 2 aromatic rings. The molecule has 0 unspecified atom stereocenters. The van der Waals surface area contributed by atoms with Gasteiger partial charge in [0.15, 0.2) is 11.5 Å². The zero-order valence-electron chi connectivity index (χ0n) is 18.0. The van der Waals surface area contributed by atoms with Gasteiger partial charge in [-0.3, -0.25) is 14.5 Å². The van der Waals surface area contributed by atoms with Crippen LogP contribution >= 0.6 is 11.8 Å². The van der Waals surface area contributed by atoms with Gasteiger partial charge in [-0.1, -0.05) is 18.2 Å². The number of anilines is 1. The molecule has 1 fully saturated rings. The van der Waals surface area contributed by atoms with E-state index in [0.29, 0.717) is 25.1 Å². The number of nitrogens with zero attached hydrogens (tertiary/aromatic N) is 3. The maximum atomic E-state index is 12.7. The van der Waals surface area contributed by atoms with Crippen LogP contribution < -0.4 is 14.4 Å². The number of amides is 2. The highest BCUT2D eigenvalue weighted by molar-refractivity contribution is 8.00. The average Bonchev–Trinajstić information content (AvgIpc) is 3.29. The molecule has 0 atom stereocenters. The van der Waals surface area contributed by atoms with E-state index in [2.05, 4.69) is 11.0 Å². The molecule has 32 heavy (non-hydrogen) atoms. The Morgan fingerprint density at radius 1 is 1.00 bits per heavy atom. The Balaban J connectivity index is 1.07. The first-order valence-electron chi connectivity index (χ1n) is 11.1. The van der Waals surface area contributed by atoms with Crippen molar-refractivity contribution < 1.29 is 19.1 Å². The zero-order valence-corrected chi connectivity index (χ0v) is 18.8. The second-order valence-electron chi connectivity index (χ2n) is 8.25. The number of thioether (sulfide) groups is 1.